The number of allylic oxidation sites excluding steroid dienone is 5. The van der Waals surface area contributed by atoms with Gasteiger partial charge in [0.25, 0.3) is 0 Å². The van der Waals surface area contributed by atoms with Crippen LogP contribution in [0.5, 0.6) is 0 Å². The largest absolute Gasteiger partial charge is 0.385 e. The molecule has 0 radical (unpaired) electrons. The van der Waals surface area contributed by atoms with Crippen molar-refractivity contribution in [2.45, 2.75) is 20.8 Å². The number of aryl methyl sites for hydroxylation is 1. The van der Waals surface area contributed by atoms with E-state index in [1.54, 1.807) is 17.1 Å². The highest BCUT2D eigenvalue weighted by Crippen LogP contribution is 2.23. The summed E-state index contributed by atoms with van der Waals surface area (Å²) < 4.78 is 25.1. The van der Waals surface area contributed by atoms with E-state index in [0.29, 0.717) is 16.3 Å². The van der Waals surface area contributed by atoms with Gasteiger partial charge in [-0.15, -0.1) is 0 Å². The van der Waals surface area contributed by atoms with Gasteiger partial charge in [-0.3, -0.25) is 14.5 Å². The summed E-state index contributed by atoms with van der Waals surface area (Å²) in [5.74, 6) is -0.860. The zero-order valence-electron chi connectivity index (χ0n) is 20.2. The molecule has 2 aromatic carbocycles. The topological polar surface area (TPSA) is 59.8 Å². The molecule has 7 heteroatoms. The van der Waals surface area contributed by atoms with Gasteiger partial charge in [0.1, 0.15) is 6.33 Å². The molecular weight excluding hydrogens is 446 g/mol. The average Bonchev–Trinajstić information content (AvgIpc) is 3.26. The first-order valence-electron chi connectivity index (χ1n) is 11.2. The summed E-state index contributed by atoms with van der Waals surface area (Å²) in [4.78, 5) is 17.6. The number of aromatic nitrogens is 3. The van der Waals surface area contributed by atoms with Gasteiger partial charge in [0.2, 0.25) is 0 Å². The van der Waals surface area contributed by atoms with Gasteiger partial charge in [-0.05, 0) is 56.5 Å². The number of pyridine rings is 1. The van der Waals surface area contributed by atoms with Crippen LogP contribution in [0.2, 0.25) is 0 Å². The Balaban J connectivity index is 0.000000292. The fraction of sp³-hybridized carbons (Fsp3) is 0.179. The third-order valence-electron chi connectivity index (χ3n) is 5.37. The molecule has 180 valence electrons. The van der Waals surface area contributed by atoms with Gasteiger partial charge in [0, 0.05) is 53.6 Å². The lowest BCUT2D eigenvalue weighted by Crippen LogP contribution is -2.01. The highest BCUT2D eigenvalue weighted by molar-refractivity contribution is 5.94. The zero-order chi connectivity index (χ0) is 25.4. The number of hydrogen-bond acceptors (Lipinski definition) is 4. The molecule has 0 spiro atoms. The fourth-order valence-corrected chi connectivity index (χ4v) is 3.39. The van der Waals surface area contributed by atoms with E-state index < -0.39 is 5.83 Å². The Bertz CT molecular complexity index is 1470. The van der Waals surface area contributed by atoms with E-state index in [2.05, 4.69) is 15.4 Å². The van der Waals surface area contributed by atoms with E-state index in [1.807, 2.05) is 76.5 Å². The van der Waals surface area contributed by atoms with Crippen molar-refractivity contribution in [1.29, 1.82) is 0 Å². The van der Waals surface area contributed by atoms with Crippen LogP contribution in [0, 0.1) is 0 Å². The van der Waals surface area contributed by atoms with Crippen molar-refractivity contribution in [3.8, 4) is 11.1 Å². The minimum Gasteiger partial charge on any atom is -0.385 e. The van der Waals surface area contributed by atoms with E-state index >= 15 is 0 Å². The summed E-state index contributed by atoms with van der Waals surface area (Å²) in [7, 11) is 1.87. The van der Waals surface area contributed by atoms with Crippen LogP contribution in [-0.4, -0.2) is 21.3 Å². The SMILES string of the molecule is CCNc1ccc2ccc3ncc(-c4cnn(C)c4)cc3c(=O)c2c1.C\C=C(C)/C=C\C(F)=C\F. The minimum absolute atomic E-state index is 0.00649. The average molecular weight is 475 g/mol. The molecule has 0 aliphatic carbocycles. The fourth-order valence-electron chi connectivity index (χ4n) is 3.39. The molecule has 0 fully saturated rings. The van der Waals surface area contributed by atoms with Gasteiger partial charge in [0.15, 0.2) is 11.3 Å². The van der Waals surface area contributed by atoms with Crippen molar-refractivity contribution in [1.82, 2.24) is 14.8 Å². The standard InChI is InChI=1S/C20H18N4O.C8H10F2/c1-3-21-16-6-4-13-5-7-19-18(20(25)17(13)9-16)8-14(10-22-19)15-11-23-24(2)12-15;1-3-7(2)4-5-8(10)6-9/h4-12,21H,3H2,1-2H3;3-6H,1-2H3/b;5-4-,7-3-,8-6-. The van der Waals surface area contributed by atoms with Crippen LogP contribution in [0.4, 0.5) is 14.5 Å². The number of nitrogens with one attached hydrogen (secondary N) is 1. The monoisotopic (exact) mass is 474 g/mol. The molecule has 0 bridgehead atoms. The molecule has 0 saturated carbocycles. The molecule has 35 heavy (non-hydrogen) atoms. The highest BCUT2D eigenvalue weighted by Gasteiger charge is 2.08. The number of rotatable bonds is 5. The lowest BCUT2D eigenvalue weighted by molar-refractivity contribution is 0.606. The summed E-state index contributed by atoms with van der Waals surface area (Å²) in [6.07, 6.45) is 9.80. The lowest BCUT2D eigenvalue weighted by atomic mass is 10.1. The maximum absolute atomic E-state index is 13.1. The summed E-state index contributed by atoms with van der Waals surface area (Å²) in [6.45, 7) is 6.48. The van der Waals surface area contributed by atoms with Gasteiger partial charge in [-0.1, -0.05) is 29.9 Å². The van der Waals surface area contributed by atoms with Crippen molar-refractivity contribution in [2.75, 3.05) is 11.9 Å². The van der Waals surface area contributed by atoms with Crippen molar-refractivity contribution in [3.63, 3.8) is 0 Å². The second kappa shape index (κ2) is 11.8. The number of fused-ring (bicyclic) bond motifs is 2. The third-order valence-corrected chi connectivity index (χ3v) is 5.37. The summed E-state index contributed by atoms with van der Waals surface area (Å²) in [6, 6.07) is 11.6. The Morgan fingerprint density at radius 1 is 1.09 bits per heavy atom. The second-order valence-electron chi connectivity index (χ2n) is 7.91. The van der Waals surface area contributed by atoms with Crippen LogP contribution in [0.1, 0.15) is 20.8 Å². The normalized spacial score (nSPS) is 12.2. The first kappa shape index (κ1) is 25.5. The summed E-state index contributed by atoms with van der Waals surface area (Å²) in [5.41, 5.74) is 4.37. The van der Waals surface area contributed by atoms with Gasteiger partial charge >= 0.3 is 0 Å². The maximum Gasteiger partial charge on any atom is 0.195 e. The van der Waals surface area contributed by atoms with Gasteiger partial charge in [-0.25, -0.2) is 8.78 Å². The van der Waals surface area contributed by atoms with Crippen LogP contribution in [0.25, 0.3) is 32.8 Å². The first-order chi connectivity index (χ1) is 16.9. The zero-order valence-corrected chi connectivity index (χ0v) is 20.2. The summed E-state index contributed by atoms with van der Waals surface area (Å²) in [5, 5.41) is 9.67. The molecular formula is C28H28F2N4O. The molecule has 0 amide bonds. The number of anilines is 1. The second-order valence-corrected chi connectivity index (χ2v) is 7.91. The van der Waals surface area contributed by atoms with Gasteiger partial charge < -0.3 is 5.32 Å². The quantitative estimate of drug-likeness (QED) is 0.321. The molecule has 2 heterocycles. The van der Waals surface area contributed by atoms with E-state index in [0.717, 1.165) is 40.4 Å². The molecule has 2 aromatic heterocycles. The van der Waals surface area contributed by atoms with E-state index in [9.17, 15) is 13.6 Å². The third kappa shape index (κ3) is 6.47. The molecule has 0 aliphatic heterocycles. The number of nitrogens with zero attached hydrogens (tertiary/aromatic N) is 3. The summed E-state index contributed by atoms with van der Waals surface area (Å²) >= 11 is 0. The number of benzene rings is 1. The minimum atomic E-state index is -0.860. The Hall–Kier alpha value is -4.13. The molecule has 0 aliphatic rings. The van der Waals surface area contributed by atoms with Crippen LogP contribution >= 0.6 is 0 Å². The molecule has 0 saturated heterocycles. The van der Waals surface area contributed by atoms with Crippen LogP contribution in [-0.2, 0) is 7.05 Å². The van der Waals surface area contributed by atoms with Crippen molar-refractivity contribution < 1.29 is 8.78 Å². The predicted molar refractivity (Wildman–Crippen MR) is 141 cm³/mol. The van der Waals surface area contributed by atoms with Crippen LogP contribution < -0.4 is 10.7 Å². The van der Waals surface area contributed by atoms with Crippen molar-refractivity contribution >= 4 is 27.4 Å². The Kier molecular flexibility index (Phi) is 8.62. The van der Waals surface area contributed by atoms with Crippen molar-refractivity contribution in [2.24, 2.45) is 7.05 Å². The van der Waals surface area contributed by atoms with Crippen LogP contribution in [0.15, 0.2) is 95.7 Å². The van der Waals surface area contributed by atoms with E-state index in [1.165, 1.54) is 6.08 Å². The molecule has 4 rings (SSSR count). The first-order valence-corrected chi connectivity index (χ1v) is 11.2. The van der Waals surface area contributed by atoms with Gasteiger partial charge in [-0.2, -0.15) is 5.10 Å². The predicted octanol–water partition coefficient (Wildman–Crippen LogP) is 6.87. The van der Waals surface area contributed by atoms with Gasteiger partial charge in [0.05, 0.1) is 11.7 Å². The number of hydrogen-bond donors (Lipinski definition) is 1. The molecule has 1 N–H and O–H groups in total. The Morgan fingerprint density at radius 2 is 1.86 bits per heavy atom. The smallest absolute Gasteiger partial charge is 0.195 e. The highest BCUT2D eigenvalue weighted by atomic mass is 19.2. The Morgan fingerprint density at radius 3 is 2.51 bits per heavy atom. The maximum atomic E-state index is 13.1. The van der Waals surface area contributed by atoms with E-state index in [-0.39, 0.29) is 11.8 Å². The molecule has 4 aromatic rings. The number of halogens is 2. The lowest BCUT2D eigenvalue weighted by Gasteiger charge is -2.03. The van der Waals surface area contributed by atoms with Crippen molar-refractivity contribution in [3.05, 3.63) is 101 Å². The Labute approximate surface area is 203 Å². The van der Waals surface area contributed by atoms with E-state index in [4.69, 9.17) is 0 Å². The van der Waals surface area contributed by atoms with Crippen LogP contribution in [0.3, 0.4) is 0 Å². The molecule has 0 unspecified atom stereocenters. The molecule has 5 nitrogen and oxygen atoms in total. The molecule has 0 atom stereocenters.